The standard InChI is InChI=1S/C18H12Br2O2/c19-15-5-1-3-13(11-15)7-9-17(21)18(22)10-8-14-4-2-6-16(20)12-14/h1-12H/b9-7+,10-8+. The average Bonchev–Trinajstić information content (AvgIpc) is 2.50. The second kappa shape index (κ2) is 8.01. The fraction of sp³-hybridized carbons (Fsp3) is 0. The zero-order valence-electron chi connectivity index (χ0n) is 11.5. The van der Waals surface area contributed by atoms with Crippen molar-refractivity contribution in [2.75, 3.05) is 0 Å². The number of rotatable bonds is 5. The molecule has 0 fully saturated rings. The van der Waals surface area contributed by atoms with Crippen molar-refractivity contribution in [1.82, 2.24) is 0 Å². The van der Waals surface area contributed by atoms with Crippen molar-refractivity contribution in [3.63, 3.8) is 0 Å². The van der Waals surface area contributed by atoms with Crippen LogP contribution < -0.4 is 0 Å². The van der Waals surface area contributed by atoms with E-state index < -0.39 is 11.6 Å². The summed E-state index contributed by atoms with van der Waals surface area (Å²) in [6.45, 7) is 0. The molecule has 2 aromatic carbocycles. The molecule has 0 aromatic heterocycles. The van der Waals surface area contributed by atoms with Crippen molar-refractivity contribution in [3.8, 4) is 0 Å². The molecule has 22 heavy (non-hydrogen) atoms. The highest BCUT2D eigenvalue weighted by molar-refractivity contribution is 9.10. The Morgan fingerprint density at radius 2 is 1.14 bits per heavy atom. The van der Waals surface area contributed by atoms with Gasteiger partial charge in [-0.1, -0.05) is 68.3 Å². The van der Waals surface area contributed by atoms with Crippen molar-refractivity contribution < 1.29 is 9.59 Å². The van der Waals surface area contributed by atoms with Crippen LogP contribution in [0, 0.1) is 0 Å². The molecule has 0 radical (unpaired) electrons. The van der Waals surface area contributed by atoms with Gasteiger partial charge in [-0.25, -0.2) is 0 Å². The van der Waals surface area contributed by atoms with Crippen LogP contribution in [0.3, 0.4) is 0 Å². The second-order valence-electron chi connectivity index (χ2n) is 4.51. The molecule has 0 aliphatic heterocycles. The molecule has 0 aliphatic carbocycles. The number of hydrogen-bond donors (Lipinski definition) is 0. The van der Waals surface area contributed by atoms with Gasteiger partial charge in [0.25, 0.3) is 0 Å². The first-order valence-corrected chi connectivity index (χ1v) is 8.09. The number of hydrogen-bond acceptors (Lipinski definition) is 2. The Labute approximate surface area is 145 Å². The molecule has 0 N–H and O–H groups in total. The monoisotopic (exact) mass is 418 g/mol. The maximum atomic E-state index is 11.8. The van der Waals surface area contributed by atoms with Gasteiger partial charge in [-0.2, -0.15) is 0 Å². The Kier molecular flexibility index (Phi) is 6.04. The quantitative estimate of drug-likeness (QED) is 0.500. The van der Waals surface area contributed by atoms with Crippen LogP contribution in [0.1, 0.15) is 11.1 Å². The lowest BCUT2D eigenvalue weighted by atomic mass is 10.1. The molecule has 2 aromatic rings. The maximum Gasteiger partial charge on any atom is 0.225 e. The molecule has 0 unspecified atom stereocenters. The molecule has 0 aliphatic rings. The number of ketones is 2. The third-order valence-electron chi connectivity index (χ3n) is 2.79. The Morgan fingerprint density at radius 1 is 0.727 bits per heavy atom. The summed E-state index contributed by atoms with van der Waals surface area (Å²) in [7, 11) is 0. The van der Waals surface area contributed by atoms with Crippen molar-refractivity contribution in [2.45, 2.75) is 0 Å². The molecule has 0 saturated carbocycles. The predicted molar refractivity (Wildman–Crippen MR) is 96.4 cm³/mol. The highest BCUT2D eigenvalue weighted by Gasteiger charge is 2.05. The molecule has 0 amide bonds. The van der Waals surface area contributed by atoms with E-state index in [2.05, 4.69) is 31.9 Å². The summed E-state index contributed by atoms with van der Waals surface area (Å²) in [5, 5.41) is 0. The number of carbonyl (C=O) groups excluding carboxylic acids is 2. The van der Waals surface area contributed by atoms with E-state index in [1.54, 1.807) is 12.2 Å². The largest absolute Gasteiger partial charge is 0.286 e. The molecule has 4 heteroatoms. The van der Waals surface area contributed by atoms with E-state index in [-0.39, 0.29) is 0 Å². The van der Waals surface area contributed by atoms with Gasteiger partial charge in [0.1, 0.15) is 0 Å². The van der Waals surface area contributed by atoms with E-state index in [4.69, 9.17) is 0 Å². The van der Waals surface area contributed by atoms with Crippen LogP contribution in [0.5, 0.6) is 0 Å². The first-order chi connectivity index (χ1) is 10.5. The van der Waals surface area contributed by atoms with Crippen LogP contribution in [0.2, 0.25) is 0 Å². The molecular formula is C18H12Br2O2. The van der Waals surface area contributed by atoms with E-state index in [1.165, 1.54) is 12.2 Å². The van der Waals surface area contributed by atoms with E-state index >= 15 is 0 Å². The molecular weight excluding hydrogens is 408 g/mol. The number of allylic oxidation sites excluding steroid dienone is 2. The van der Waals surface area contributed by atoms with Crippen molar-refractivity contribution in [3.05, 3.63) is 80.8 Å². The second-order valence-corrected chi connectivity index (χ2v) is 6.34. The summed E-state index contributed by atoms with van der Waals surface area (Å²) in [5.74, 6) is -1.10. The van der Waals surface area contributed by atoms with Gasteiger partial charge in [-0.15, -0.1) is 0 Å². The van der Waals surface area contributed by atoms with Crippen molar-refractivity contribution >= 4 is 55.6 Å². The van der Waals surface area contributed by atoms with Gasteiger partial charge in [0.15, 0.2) is 0 Å². The third kappa shape index (κ3) is 5.20. The van der Waals surface area contributed by atoms with Gasteiger partial charge < -0.3 is 0 Å². The SMILES string of the molecule is O=C(/C=C/c1cccc(Br)c1)C(=O)/C=C/c1cccc(Br)c1. The summed E-state index contributed by atoms with van der Waals surface area (Å²) in [5.41, 5.74) is 1.71. The summed E-state index contributed by atoms with van der Waals surface area (Å²) in [6, 6.07) is 15.0. The number of halogens is 2. The van der Waals surface area contributed by atoms with E-state index in [0.717, 1.165) is 20.1 Å². The zero-order chi connectivity index (χ0) is 15.9. The third-order valence-corrected chi connectivity index (χ3v) is 3.78. The van der Waals surface area contributed by atoms with Crippen molar-refractivity contribution in [1.29, 1.82) is 0 Å². The minimum Gasteiger partial charge on any atom is -0.286 e. The zero-order valence-corrected chi connectivity index (χ0v) is 14.7. The number of benzene rings is 2. The van der Waals surface area contributed by atoms with Gasteiger partial charge in [0, 0.05) is 8.95 Å². The van der Waals surface area contributed by atoms with Crippen molar-refractivity contribution in [2.24, 2.45) is 0 Å². The fourth-order valence-electron chi connectivity index (χ4n) is 1.73. The normalized spacial score (nSPS) is 11.2. The van der Waals surface area contributed by atoms with E-state index in [9.17, 15) is 9.59 Å². The Bertz CT molecular complexity index is 696. The molecule has 2 nitrogen and oxygen atoms in total. The van der Waals surface area contributed by atoms with Crippen LogP contribution >= 0.6 is 31.9 Å². The van der Waals surface area contributed by atoms with Crippen LogP contribution in [0.4, 0.5) is 0 Å². The summed E-state index contributed by atoms with van der Waals surface area (Å²) in [4.78, 5) is 23.6. The molecule has 0 atom stereocenters. The van der Waals surface area contributed by atoms with Crippen LogP contribution in [-0.2, 0) is 9.59 Å². The minimum atomic E-state index is -0.550. The average molecular weight is 420 g/mol. The lowest BCUT2D eigenvalue weighted by Gasteiger charge is -1.95. The number of carbonyl (C=O) groups is 2. The Morgan fingerprint density at radius 3 is 1.50 bits per heavy atom. The minimum absolute atomic E-state index is 0.550. The molecule has 0 spiro atoms. The van der Waals surface area contributed by atoms with Gasteiger partial charge in [-0.05, 0) is 47.5 Å². The Hall–Kier alpha value is -1.78. The summed E-state index contributed by atoms with van der Waals surface area (Å²) >= 11 is 6.71. The van der Waals surface area contributed by atoms with Crippen LogP contribution in [0.15, 0.2) is 69.6 Å². The highest BCUT2D eigenvalue weighted by atomic mass is 79.9. The molecule has 2 rings (SSSR count). The van der Waals surface area contributed by atoms with Gasteiger partial charge in [0.2, 0.25) is 11.6 Å². The first kappa shape index (κ1) is 16.6. The van der Waals surface area contributed by atoms with Crippen LogP contribution in [0.25, 0.3) is 12.2 Å². The predicted octanol–water partition coefficient (Wildman–Crippen LogP) is 5.08. The molecule has 0 heterocycles. The lowest BCUT2D eigenvalue weighted by Crippen LogP contribution is -2.06. The topological polar surface area (TPSA) is 34.1 Å². The van der Waals surface area contributed by atoms with Crippen LogP contribution in [-0.4, -0.2) is 11.6 Å². The Balaban J connectivity index is 2.02. The highest BCUT2D eigenvalue weighted by Crippen LogP contribution is 2.14. The molecule has 0 saturated heterocycles. The maximum absolute atomic E-state index is 11.8. The van der Waals surface area contributed by atoms with Gasteiger partial charge in [0.05, 0.1) is 0 Å². The van der Waals surface area contributed by atoms with Gasteiger partial charge in [-0.3, -0.25) is 9.59 Å². The van der Waals surface area contributed by atoms with Gasteiger partial charge >= 0.3 is 0 Å². The molecule has 110 valence electrons. The fourth-order valence-corrected chi connectivity index (χ4v) is 2.56. The van der Waals surface area contributed by atoms with E-state index in [0.29, 0.717) is 0 Å². The first-order valence-electron chi connectivity index (χ1n) is 6.50. The summed E-state index contributed by atoms with van der Waals surface area (Å²) in [6.07, 6.45) is 5.82. The lowest BCUT2D eigenvalue weighted by molar-refractivity contribution is -0.130. The summed E-state index contributed by atoms with van der Waals surface area (Å²) < 4.78 is 1.84. The molecule has 0 bridgehead atoms. The smallest absolute Gasteiger partial charge is 0.225 e. The van der Waals surface area contributed by atoms with E-state index in [1.807, 2.05) is 48.5 Å².